The van der Waals surface area contributed by atoms with E-state index >= 15 is 0 Å². The minimum atomic E-state index is 0. The van der Waals surface area contributed by atoms with E-state index in [4.69, 9.17) is 23.2 Å². The van der Waals surface area contributed by atoms with Gasteiger partial charge in [0.25, 0.3) is 0 Å². The number of nitrogens with zero attached hydrogens (tertiary/aromatic N) is 1. The second-order valence-corrected chi connectivity index (χ2v) is 5.97. The van der Waals surface area contributed by atoms with Crippen molar-refractivity contribution in [1.29, 1.82) is 0 Å². The summed E-state index contributed by atoms with van der Waals surface area (Å²) < 4.78 is 0. The van der Waals surface area contributed by atoms with E-state index in [1.165, 1.54) is 5.57 Å². The molecule has 21 heavy (non-hydrogen) atoms. The highest BCUT2D eigenvalue weighted by Crippen LogP contribution is 2.34. The van der Waals surface area contributed by atoms with Gasteiger partial charge in [-0.3, -0.25) is 4.90 Å². The minimum absolute atomic E-state index is 0. The lowest BCUT2D eigenvalue weighted by Crippen LogP contribution is -2.45. The van der Waals surface area contributed by atoms with Crippen molar-refractivity contribution in [2.75, 3.05) is 26.2 Å². The normalized spacial score (nSPS) is 16.5. The monoisotopic (exact) mass is 370 g/mol. The predicted molar refractivity (Wildman–Crippen MR) is 97.6 cm³/mol. The molecule has 2 nitrogen and oxygen atoms in total. The molecule has 1 atom stereocenters. The lowest BCUT2D eigenvalue weighted by atomic mass is 9.98. The van der Waals surface area contributed by atoms with Gasteiger partial charge in [-0.1, -0.05) is 28.8 Å². The first-order valence-electron chi connectivity index (χ1n) is 6.62. The van der Waals surface area contributed by atoms with Crippen molar-refractivity contribution in [1.82, 2.24) is 10.2 Å². The van der Waals surface area contributed by atoms with Crippen molar-refractivity contribution in [3.05, 3.63) is 46.0 Å². The van der Waals surface area contributed by atoms with Crippen LogP contribution in [-0.4, -0.2) is 31.1 Å². The van der Waals surface area contributed by atoms with Gasteiger partial charge in [0.1, 0.15) is 0 Å². The van der Waals surface area contributed by atoms with Crippen LogP contribution in [-0.2, 0) is 0 Å². The SMILES string of the molecule is C=C(C)C[C@H](c1cc(Cl)ccc1Cl)N1CCNCC1.Cl.Cl. The fourth-order valence-corrected chi connectivity index (χ4v) is 2.95. The molecule has 1 N–H and O–H groups in total. The summed E-state index contributed by atoms with van der Waals surface area (Å²) in [6.07, 6.45) is 0.917. The molecule has 1 aliphatic rings. The van der Waals surface area contributed by atoms with Gasteiger partial charge in [0.05, 0.1) is 0 Å². The van der Waals surface area contributed by atoms with Gasteiger partial charge >= 0.3 is 0 Å². The van der Waals surface area contributed by atoms with Crippen LogP contribution < -0.4 is 5.32 Å². The van der Waals surface area contributed by atoms with Crippen molar-refractivity contribution in [3.8, 4) is 0 Å². The van der Waals surface area contributed by atoms with Crippen molar-refractivity contribution in [2.45, 2.75) is 19.4 Å². The van der Waals surface area contributed by atoms with E-state index in [-0.39, 0.29) is 30.9 Å². The maximum atomic E-state index is 6.36. The average Bonchev–Trinajstić information content (AvgIpc) is 2.40. The lowest BCUT2D eigenvalue weighted by molar-refractivity contribution is 0.172. The zero-order valence-electron chi connectivity index (χ0n) is 12.1. The Labute approximate surface area is 149 Å². The van der Waals surface area contributed by atoms with E-state index in [1.807, 2.05) is 18.2 Å². The fraction of sp³-hybridized carbons (Fsp3) is 0.467. The van der Waals surface area contributed by atoms with Crippen LogP contribution in [0.1, 0.15) is 24.9 Å². The summed E-state index contributed by atoms with van der Waals surface area (Å²) in [4.78, 5) is 2.46. The van der Waals surface area contributed by atoms with Gasteiger partial charge in [-0.15, -0.1) is 31.4 Å². The first-order valence-corrected chi connectivity index (χ1v) is 7.37. The highest BCUT2D eigenvalue weighted by molar-refractivity contribution is 6.33. The van der Waals surface area contributed by atoms with E-state index in [9.17, 15) is 0 Å². The van der Waals surface area contributed by atoms with Crippen molar-refractivity contribution < 1.29 is 0 Å². The Balaban J connectivity index is 0.00000200. The molecule has 120 valence electrons. The first-order chi connectivity index (χ1) is 9.08. The van der Waals surface area contributed by atoms with Crippen LogP contribution in [0.5, 0.6) is 0 Å². The Kier molecular flexibility index (Phi) is 9.96. The Morgan fingerprint density at radius 3 is 2.48 bits per heavy atom. The molecular weight excluding hydrogens is 350 g/mol. The molecule has 6 heteroatoms. The summed E-state index contributed by atoms with van der Waals surface area (Å²) in [6, 6.07) is 5.97. The van der Waals surface area contributed by atoms with Gasteiger partial charge in [-0.05, 0) is 37.1 Å². The van der Waals surface area contributed by atoms with Gasteiger partial charge in [-0.25, -0.2) is 0 Å². The quantitative estimate of drug-likeness (QED) is 0.768. The topological polar surface area (TPSA) is 15.3 Å². The Hall–Kier alpha value is 0.0400. The zero-order chi connectivity index (χ0) is 13.8. The van der Waals surface area contributed by atoms with Gasteiger partial charge in [0, 0.05) is 42.3 Å². The standard InChI is InChI=1S/C15H20Cl2N2.2ClH/c1-11(2)9-15(19-7-5-18-6-8-19)13-10-12(16)3-4-14(13)17;;/h3-4,10,15,18H,1,5-9H2,2H3;2*1H/t15-;;/m1../s1. The van der Waals surface area contributed by atoms with Gasteiger partial charge < -0.3 is 5.32 Å². The van der Waals surface area contributed by atoms with E-state index in [1.54, 1.807) is 0 Å². The molecule has 1 fully saturated rings. The third-order valence-corrected chi connectivity index (χ3v) is 4.03. The van der Waals surface area contributed by atoms with Gasteiger partial charge in [-0.2, -0.15) is 0 Å². The summed E-state index contributed by atoms with van der Waals surface area (Å²) in [5.41, 5.74) is 2.28. The average molecular weight is 372 g/mol. The summed E-state index contributed by atoms with van der Waals surface area (Å²) in [5.74, 6) is 0. The Morgan fingerprint density at radius 1 is 1.29 bits per heavy atom. The molecule has 1 aromatic carbocycles. The molecule has 1 aromatic rings. The molecular formula is C15H22Cl4N2. The Morgan fingerprint density at radius 2 is 1.90 bits per heavy atom. The molecule has 0 aromatic heterocycles. The first kappa shape index (κ1) is 21.0. The molecule has 0 bridgehead atoms. The van der Waals surface area contributed by atoms with Gasteiger partial charge in [0.2, 0.25) is 0 Å². The zero-order valence-corrected chi connectivity index (χ0v) is 15.2. The molecule has 0 unspecified atom stereocenters. The Bertz CT molecular complexity index is 459. The van der Waals surface area contributed by atoms with Crippen molar-refractivity contribution in [2.24, 2.45) is 0 Å². The van der Waals surface area contributed by atoms with Crippen LogP contribution in [0, 0.1) is 0 Å². The number of nitrogens with one attached hydrogen (secondary N) is 1. The van der Waals surface area contributed by atoms with Gasteiger partial charge in [0.15, 0.2) is 0 Å². The van der Waals surface area contributed by atoms with Crippen LogP contribution in [0.2, 0.25) is 10.0 Å². The fourth-order valence-electron chi connectivity index (χ4n) is 2.53. The molecule has 0 aliphatic carbocycles. The van der Waals surface area contributed by atoms with E-state index < -0.39 is 0 Å². The number of hydrogen-bond donors (Lipinski definition) is 1. The van der Waals surface area contributed by atoms with Crippen LogP contribution in [0.4, 0.5) is 0 Å². The van der Waals surface area contributed by atoms with E-state index in [2.05, 4.69) is 23.7 Å². The number of halogens is 4. The van der Waals surface area contributed by atoms with Crippen molar-refractivity contribution in [3.63, 3.8) is 0 Å². The molecule has 0 amide bonds. The van der Waals surface area contributed by atoms with Crippen molar-refractivity contribution >= 4 is 48.0 Å². The molecule has 2 rings (SSSR count). The summed E-state index contributed by atoms with van der Waals surface area (Å²) in [5, 5.41) is 4.90. The molecule has 1 saturated heterocycles. The van der Waals surface area contributed by atoms with Crippen LogP contribution >= 0.6 is 48.0 Å². The number of hydrogen-bond acceptors (Lipinski definition) is 2. The highest BCUT2D eigenvalue weighted by atomic mass is 35.5. The number of benzene rings is 1. The smallest absolute Gasteiger partial charge is 0.0455 e. The molecule has 0 radical (unpaired) electrons. The molecule has 0 saturated carbocycles. The van der Waals surface area contributed by atoms with E-state index in [0.29, 0.717) is 0 Å². The van der Waals surface area contributed by atoms with Crippen LogP contribution in [0.25, 0.3) is 0 Å². The predicted octanol–water partition coefficient (Wildman–Crippen LogP) is 4.75. The largest absolute Gasteiger partial charge is 0.314 e. The van der Waals surface area contributed by atoms with E-state index in [0.717, 1.165) is 48.2 Å². The lowest BCUT2D eigenvalue weighted by Gasteiger charge is -2.36. The summed E-state index contributed by atoms with van der Waals surface area (Å²) in [7, 11) is 0. The number of piperazine rings is 1. The van der Waals surface area contributed by atoms with Crippen LogP contribution in [0.15, 0.2) is 30.4 Å². The molecule has 1 aliphatic heterocycles. The molecule has 0 spiro atoms. The maximum absolute atomic E-state index is 6.36. The third-order valence-electron chi connectivity index (χ3n) is 3.45. The second-order valence-electron chi connectivity index (χ2n) is 5.13. The second kappa shape index (κ2) is 9.94. The minimum Gasteiger partial charge on any atom is -0.314 e. The van der Waals surface area contributed by atoms with Crippen LogP contribution in [0.3, 0.4) is 0 Å². The molecule has 1 heterocycles. The summed E-state index contributed by atoms with van der Waals surface area (Å²) >= 11 is 12.5. The maximum Gasteiger partial charge on any atom is 0.0455 e. The third kappa shape index (κ3) is 5.97. The highest BCUT2D eigenvalue weighted by Gasteiger charge is 2.24. The summed E-state index contributed by atoms with van der Waals surface area (Å²) in [6.45, 7) is 10.2. The number of rotatable bonds is 4.